The van der Waals surface area contributed by atoms with E-state index in [0.29, 0.717) is 18.9 Å². The molecule has 0 radical (unpaired) electrons. The van der Waals surface area contributed by atoms with Crippen molar-refractivity contribution < 1.29 is 22.0 Å². The third-order valence-electron chi connectivity index (χ3n) is 3.11. The molecular weight excluding hydrogens is 290 g/mol. The van der Waals surface area contributed by atoms with Crippen molar-refractivity contribution in [1.29, 1.82) is 0 Å². The largest absolute Gasteiger partial charge is 0.246 e. The number of piperidine rings is 1. The second-order valence-electron chi connectivity index (χ2n) is 4.45. The predicted octanol–water partition coefficient (Wildman–Crippen LogP) is 1.45. The summed E-state index contributed by atoms with van der Waals surface area (Å²) in [7, 11) is -4.06. The number of sulfonamides is 1. The van der Waals surface area contributed by atoms with Crippen molar-refractivity contribution in [1.82, 2.24) is 4.31 Å². The molecule has 5 nitrogen and oxygen atoms in total. The van der Waals surface area contributed by atoms with Gasteiger partial charge in [0.1, 0.15) is 16.5 Å². The number of benzene rings is 1. The molecule has 0 amide bonds. The maximum atomic E-state index is 13.6. The van der Waals surface area contributed by atoms with Crippen molar-refractivity contribution in [3.63, 3.8) is 0 Å². The van der Waals surface area contributed by atoms with Crippen LogP contribution >= 0.6 is 0 Å². The topological polar surface area (TPSA) is 66.8 Å². The Bertz CT molecular complexity index is 657. The third kappa shape index (κ3) is 2.92. The van der Waals surface area contributed by atoms with E-state index in [4.69, 9.17) is 0 Å². The summed E-state index contributed by atoms with van der Waals surface area (Å²) in [6.45, 7) is 0.207. The first-order valence-corrected chi connectivity index (χ1v) is 7.41. The Labute approximate surface area is 115 Å². The maximum absolute atomic E-state index is 13.6. The van der Waals surface area contributed by atoms with Crippen molar-refractivity contribution in [2.45, 2.75) is 23.8 Å². The SMILES string of the molecule is O=C=NC1CCCN(S(=O)(=O)c2ccc(F)cc2F)C1. The Morgan fingerprint density at radius 2 is 2.10 bits per heavy atom. The van der Waals surface area contributed by atoms with E-state index in [2.05, 4.69) is 4.99 Å². The molecule has 1 aromatic carbocycles. The number of nitrogens with zero attached hydrogens (tertiary/aromatic N) is 2. The standard InChI is InChI=1S/C12H12F2N2O3S/c13-9-3-4-12(11(14)6-9)20(18,19)16-5-1-2-10(7-16)15-8-17/h3-4,6,10H,1-2,5,7H2. The zero-order chi connectivity index (χ0) is 14.8. The molecule has 0 aliphatic carbocycles. The number of aliphatic imine (C=N–C) groups is 1. The Kier molecular flexibility index (Phi) is 4.27. The lowest BCUT2D eigenvalue weighted by atomic mass is 10.1. The minimum absolute atomic E-state index is 0.00557. The summed E-state index contributed by atoms with van der Waals surface area (Å²) in [5.41, 5.74) is 0. The minimum Gasteiger partial charge on any atom is -0.211 e. The van der Waals surface area contributed by atoms with Crippen LogP contribution in [0.2, 0.25) is 0 Å². The number of hydrogen-bond acceptors (Lipinski definition) is 4. The molecule has 8 heteroatoms. The van der Waals surface area contributed by atoms with E-state index in [1.807, 2.05) is 0 Å². The van der Waals surface area contributed by atoms with Gasteiger partial charge in [-0.05, 0) is 25.0 Å². The fourth-order valence-corrected chi connectivity index (χ4v) is 3.70. The van der Waals surface area contributed by atoms with Gasteiger partial charge in [0.25, 0.3) is 0 Å². The van der Waals surface area contributed by atoms with Crippen molar-refractivity contribution in [3.05, 3.63) is 29.8 Å². The molecule has 0 saturated carbocycles. The first kappa shape index (κ1) is 14.8. The molecule has 1 aromatic rings. The highest BCUT2D eigenvalue weighted by Gasteiger charge is 2.32. The number of carbonyl (C=O) groups excluding carboxylic acids is 1. The third-order valence-corrected chi connectivity index (χ3v) is 5.00. The molecule has 108 valence electrons. The van der Waals surface area contributed by atoms with Crippen LogP contribution in [0, 0.1) is 11.6 Å². The van der Waals surface area contributed by atoms with Gasteiger partial charge in [0.2, 0.25) is 16.1 Å². The summed E-state index contributed by atoms with van der Waals surface area (Å²) in [6.07, 6.45) is 2.49. The van der Waals surface area contributed by atoms with Gasteiger partial charge in [0.05, 0.1) is 6.04 Å². The zero-order valence-electron chi connectivity index (χ0n) is 10.4. The lowest BCUT2D eigenvalue weighted by molar-refractivity contribution is 0.315. The smallest absolute Gasteiger partial charge is 0.211 e. The van der Waals surface area contributed by atoms with Crippen LogP contribution in [0.25, 0.3) is 0 Å². The van der Waals surface area contributed by atoms with Crippen LogP contribution < -0.4 is 0 Å². The number of rotatable bonds is 3. The molecule has 1 unspecified atom stereocenters. The van der Waals surface area contributed by atoms with Crippen molar-refractivity contribution >= 4 is 16.1 Å². The van der Waals surface area contributed by atoms with Crippen molar-refractivity contribution in [3.8, 4) is 0 Å². The van der Waals surface area contributed by atoms with Crippen LogP contribution in [0.5, 0.6) is 0 Å². The molecule has 1 fully saturated rings. The van der Waals surface area contributed by atoms with Crippen LogP contribution in [-0.2, 0) is 14.8 Å². The Hall–Kier alpha value is -1.63. The highest BCUT2D eigenvalue weighted by atomic mass is 32.2. The summed E-state index contributed by atoms with van der Waals surface area (Å²) in [4.78, 5) is 13.2. The molecule has 20 heavy (non-hydrogen) atoms. The molecule has 1 saturated heterocycles. The van der Waals surface area contributed by atoms with Gasteiger partial charge < -0.3 is 0 Å². The quantitative estimate of drug-likeness (QED) is 0.627. The van der Waals surface area contributed by atoms with Gasteiger partial charge in [-0.1, -0.05) is 0 Å². The van der Waals surface area contributed by atoms with Crippen LogP contribution in [0.15, 0.2) is 28.1 Å². The molecule has 0 bridgehead atoms. The molecule has 0 spiro atoms. The lowest BCUT2D eigenvalue weighted by Crippen LogP contribution is -2.41. The van der Waals surface area contributed by atoms with Gasteiger partial charge in [-0.2, -0.15) is 4.31 Å². The van der Waals surface area contributed by atoms with E-state index in [9.17, 15) is 22.0 Å². The summed E-state index contributed by atoms with van der Waals surface area (Å²) in [6, 6.07) is 1.84. The summed E-state index contributed by atoms with van der Waals surface area (Å²) in [5, 5.41) is 0. The molecule has 0 aromatic heterocycles. The van der Waals surface area contributed by atoms with Crippen LogP contribution in [0.1, 0.15) is 12.8 Å². The van der Waals surface area contributed by atoms with Gasteiger partial charge >= 0.3 is 0 Å². The van der Waals surface area contributed by atoms with E-state index in [-0.39, 0.29) is 13.1 Å². The average molecular weight is 302 g/mol. The molecule has 2 rings (SSSR count). The highest BCUT2D eigenvalue weighted by molar-refractivity contribution is 7.89. The second kappa shape index (κ2) is 5.78. The number of isocyanates is 1. The first-order valence-electron chi connectivity index (χ1n) is 5.97. The summed E-state index contributed by atoms with van der Waals surface area (Å²) < 4.78 is 52.1. The first-order chi connectivity index (χ1) is 9.45. The monoisotopic (exact) mass is 302 g/mol. The molecule has 1 aliphatic rings. The normalized spacial score (nSPS) is 20.4. The van der Waals surface area contributed by atoms with E-state index >= 15 is 0 Å². The lowest BCUT2D eigenvalue weighted by Gasteiger charge is -2.29. The fourth-order valence-electron chi connectivity index (χ4n) is 2.14. The molecular formula is C12H12F2N2O3S. The van der Waals surface area contributed by atoms with Gasteiger partial charge in [-0.15, -0.1) is 0 Å². The average Bonchev–Trinajstić information content (AvgIpc) is 2.39. The predicted molar refractivity (Wildman–Crippen MR) is 66.3 cm³/mol. The number of hydrogen-bond donors (Lipinski definition) is 0. The van der Waals surface area contributed by atoms with E-state index in [1.165, 1.54) is 6.08 Å². The molecule has 1 aliphatic heterocycles. The highest BCUT2D eigenvalue weighted by Crippen LogP contribution is 2.24. The van der Waals surface area contributed by atoms with Crippen molar-refractivity contribution in [2.24, 2.45) is 4.99 Å². The molecule has 1 heterocycles. The van der Waals surface area contributed by atoms with Crippen LogP contribution in [0.3, 0.4) is 0 Å². The minimum atomic E-state index is -4.06. The van der Waals surface area contributed by atoms with Crippen LogP contribution in [-0.4, -0.2) is 37.9 Å². The molecule has 0 N–H and O–H groups in total. The Morgan fingerprint density at radius 1 is 1.35 bits per heavy atom. The van der Waals surface area contributed by atoms with E-state index in [0.717, 1.165) is 16.4 Å². The van der Waals surface area contributed by atoms with Gasteiger partial charge in [0.15, 0.2) is 0 Å². The van der Waals surface area contributed by atoms with Crippen LogP contribution in [0.4, 0.5) is 8.78 Å². The molecule has 1 atom stereocenters. The van der Waals surface area contributed by atoms with E-state index < -0.39 is 32.6 Å². The fraction of sp³-hybridized carbons (Fsp3) is 0.417. The zero-order valence-corrected chi connectivity index (χ0v) is 11.2. The van der Waals surface area contributed by atoms with Gasteiger partial charge in [0, 0.05) is 19.2 Å². The summed E-state index contributed by atoms with van der Waals surface area (Å²) in [5.74, 6) is -1.98. The number of halogens is 2. The van der Waals surface area contributed by atoms with Gasteiger partial charge in [-0.25, -0.2) is 27.0 Å². The van der Waals surface area contributed by atoms with E-state index in [1.54, 1.807) is 0 Å². The second-order valence-corrected chi connectivity index (χ2v) is 6.36. The van der Waals surface area contributed by atoms with Gasteiger partial charge in [-0.3, -0.25) is 0 Å². The summed E-state index contributed by atoms with van der Waals surface area (Å²) >= 11 is 0. The van der Waals surface area contributed by atoms with Crippen molar-refractivity contribution in [2.75, 3.05) is 13.1 Å². The Morgan fingerprint density at radius 3 is 2.75 bits per heavy atom. The Balaban J connectivity index is 2.32. The maximum Gasteiger partial charge on any atom is 0.246 e.